The van der Waals surface area contributed by atoms with Crippen molar-refractivity contribution in [1.29, 1.82) is 0 Å². The molecule has 78 valence electrons. The molecule has 0 saturated carbocycles. The molecule has 0 radical (unpaired) electrons. The van der Waals surface area contributed by atoms with Gasteiger partial charge >= 0.3 is 7.82 Å². The number of hydrogen-bond donors (Lipinski definition) is 2. The van der Waals surface area contributed by atoms with Crippen LogP contribution in [-0.4, -0.2) is 20.6 Å². The molecule has 0 amide bonds. The molecule has 1 rings (SSSR count). The van der Waals surface area contributed by atoms with Gasteiger partial charge in [-0.05, 0) is 0 Å². The minimum absolute atomic E-state index is 0.183. The molecule has 0 aromatic carbocycles. The number of rotatable bonds is 4. The Hall–Kier alpha value is -0.590. The first-order valence-corrected chi connectivity index (χ1v) is 5.95. The summed E-state index contributed by atoms with van der Waals surface area (Å²) in [6, 6.07) is 0. The van der Waals surface area contributed by atoms with Crippen molar-refractivity contribution in [3.63, 3.8) is 0 Å². The summed E-state index contributed by atoms with van der Waals surface area (Å²) in [6.07, 6.45) is 0. The smallest absolute Gasteiger partial charge is 0.303 e. The van der Waals surface area contributed by atoms with E-state index in [1.54, 1.807) is 0 Å². The summed E-state index contributed by atoms with van der Waals surface area (Å²) in [5.41, 5.74) is 0.337. The molecule has 0 atom stereocenters. The van der Waals surface area contributed by atoms with Gasteiger partial charge in [-0.25, -0.2) is 9.55 Å². The summed E-state index contributed by atoms with van der Waals surface area (Å²) < 4.78 is 14.5. The number of aromatic nitrogens is 1. The second-order valence-electron chi connectivity index (χ2n) is 2.46. The van der Waals surface area contributed by atoms with E-state index < -0.39 is 7.82 Å². The number of ketones is 1. The van der Waals surface area contributed by atoms with Gasteiger partial charge in [0.2, 0.25) is 0 Å². The SMILES string of the molecule is CC(=O)c1nc(COP(=O)(O)O)cs1. The van der Waals surface area contributed by atoms with Crippen LogP contribution < -0.4 is 0 Å². The third kappa shape index (κ3) is 3.65. The van der Waals surface area contributed by atoms with E-state index in [1.165, 1.54) is 12.3 Å². The van der Waals surface area contributed by atoms with E-state index in [2.05, 4.69) is 9.51 Å². The highest BCUT2D eigenvalue weighted by Crippen LogP contribution is 2.36. The maximum absolute atomic E-state index is 10.8. The molecule has 0 aliphatic rings. The van der Waals surface area contributed by atoms with E-state index in [1.807, 2.05) is 0 Å². The number of carbonyl (C=O) groups excluding carboxylic acids is 1. The largest absolute Gasteiger partial charge is 0.469 e. The molecule has 0 saturated heterocycles. The summed E-state index contributed by atoms with van der Waals surface area (Å²) in [5, 5.41) is 1.82. The topological polar surface area (TPSA) is 96.7 Å². The number of thiazole rings is 1. The van der Waals surface area contributed by atoms with Crippen LogP contribution in [0.5, 0.6) is 0 Å². The Bertz CT molecular complexity index is 383. The highest BCUT2D eigenvalue weighted by molar-refractivity contribution is 7.46. The molecule has 0 bridgehead atoms. The molecule has 1 aromatic heterocycles. The van der Waals surface area contributed by atoms with Crippen LogP contribution in [0.2, 0.25) is 0 Å². The summed E-state index contributed by atoms with van der Waals surface area (Å²) in [5.74, 6) is -0.183. The maximum Gasteiger partial charge on any atom is 0.469 e. The number of hydrogen-bond acceptors (Lipinski definition) is 5. The Morgan fingerprint density at radius 1 is 1.71 bits per heavy atom. The number of nitrogens with zero attached hydrogens (tertiary/aromatic N) is 1. The lowest BCUT2D eigenvalue weighted by Gasteiger charge is -2.01. The van der Waals surface area contributed by atoms with Crippen molar-refractivity contribution < 1.29 is 23.7 Å². The molecule has 2 N–H and O–H groups in total. The standard InChI is InChI=1S/C6H8NO5PS/c1-4(8)6-7-5(3-14-6)2-12-13(9,10)11/h3H,2H2,1H3,(H2,9,10,11). The first-order valence-electron chi connectivity index (χ1n) is 3.54. The van der Waals surface area contributed by atoms with Crippen LogP contribution in [0.4, 0.5) is 0 Å². The molecule has 14 heavy (non-hydrogen) atoms. The predicted octanol–water partition coefficient (Wildman–Crippen LogP) is 0.955. The van der Waals surface area contributed by atoms with Gasteiger partial charge < -0.3 is 9.79 Å². The zero-order chi connectivity index (χ0) is 10.8. The number of phosphoric acid groups is 1. The molecular formula is C6H8NO5PS. The van der Waals surface area contributed by atoms with Crippen molar-refractivity contribution in [2.75, 3.05) is 0 Å². The molecular weight excluding hydrogens is 229 g/mol. The third-order valence-corrected chi connectivity index (χ3v) is 2.69. The average molecular weight is 237 g/mol. The van der Waals surface area contributed by atoms with Crippen molar-refractivity contribution in [1.82, 2.24) is 4.98 Å². The van der Waals surface area contributed by atoms with Gasteiger partial charge in [0.05, 0.1) is 5.69 Å². The second kappa shape index (κ2) is 4.29. The van der Waals surface area contributed by atoms with Crippen LogP contribution in [0, 0.1) is 0 Å². The fourth-order valence-corrected chi connectivity index (χ4v) is 1.69. The van der Waals surface area contributed by atoms with E-state index >= 15 is 0 Å². The van der Waals surface area contributed by atoms with Gasteiger partial charge in [0.15, 0.2) is 10.8 Å². The Labute approximate surface area is 83.8 Å². The quantitative estimate of drug-likeness (QED) is 0.597. The van der Waals surface area contributed by atoms with Gasteiger partial charge in [0.1, 0.15) is 6.61 Å². The molecule has 0 unspecified atom stereocenters. The van der Waals surface area contributed by atoms with Gasteiger partial charge in [-0.1, -0.05) is 0 Å². The monoisotopic (exact) mass is 237 g/mol. The van der Waals surface area contributed by atoms with Crippen LogP contribution in [0.1, 0.15) is 22.4 Å². The van der Waals surface area contributed by atoms with E-state index in [0.717, 1.165) is 11.3 Å². The second-order valence-corrected chi connectivity index (χ2v) is 4.56. The van der Waals surface area contributed by atoms with Gasteiger partial charge in [-0.15, -0.1) is 11.3 Å². The lowest BCUT2D eigenvalue weighted by molar-refractivity contribution is 0.101. The predicted molar refractivity (Wildman–Crippen MR) is 49.0 cm³/mol. The fourth-order valence-electron chi connectivity index (χ4n) is 0.685. The fraction of sp³-hybridized carbons (Fsp3) is 0.333. The molecule has 0 fully saturated rings. The molecule has 8 heteroatoms. The normalized spacial score (nSPS) is 11.6. The zero-order valence-electron chi connectivity index (χ0n) is 7.21. The van der Waals surface area contributed by atoms with E-state index in [-0.39, 0.29) is 12.4 Å². The number of phosphoric ester groups is 1. The van der Waals surface area contributed by atoms with Gasteiger partial charge in [0.25, 0.3) is 0 Å². The number of Topliss-reactive ketones (excluding diaryl/α,β-unsaturated/α-hetero) is 1. The summed E-state index contributed by atoms with van der Waals surface area (Å²) in [6.45, 7) is 1.07. The van der Waals surface area contributed by atoms with Gasteiger partial charge in [-0.2, -0.15) is 0 Å². The van der Waals surface area contributed by atoms with E-state index in [0.29, 0.717) is 10.7 Å². The average Bonchev–Trinajstić information content (AvgIpc) is 2.47. The summed E-state index contributed by atoms with van der Waals surface area (Å²) in [4.78, 5) is 31.4. The molecule has 1 heterocycles. The first kappa shape index (κ1) is 11.5. The van der Waals surface area contributed by atoms with Crippen molar-refractivity contribution in [2.45, 2.75) is 13.5 Å². The minimum atomic E-state index is -4.47. The molecule has 1 aromatic rings. The first-order chi connectivity index (χ1) is 6.38. The lowest BCUT2D eigenvalue weighted by atomic mass is 10.5. The maximum atomic E-state index is 10.8. The lowest BCUT2D eigenvalue weighted by Crippen LogP contribution is -1.94. The summed E-state index contributed by atoms with van der Waals surface area (Å²) >= 11 is 1.11. The minimum Gasteiger partial charge on any atom is -0.303 e. The summed E-state index contributed by atoms with van der Waals surface area (Å²) in [7, 11) is -4.47. The molecule has 6 nitrogen and oxygen atoms in total. The Morgan fingerprint density at radius 2 is 2.36 bits per heavy atom. The third-order valence-electron chi connectivity index (χ3n) is 1.23. The van der Waals surface area contributed by atoms with Crippen LogP contribution in [0.25, 0.3) is 0 Å². The molecule has 0 aliphatic carbocycles. The van der Waals surface area contributed by atoms with Gasteiger partial charge in [0, 0.05) is 12.3 Å². The van der Waals surface area contributed by atoms with Crippen molar-refractivity contribution in [2.24, 2.45) is 0 Å². The van der Waals surface area contributed by atoms with Crippen LogP contribution >= 0.6 is 19.2 Å². The van der Waals surface area contributed by atoms with E-state index in [9.17, 15) is 9.36 Å². The number of carbonyl (C=O) groups is 1. The highest BCUT2D eigenvalue weighted by Gasteiger charge is 2.15. The highest BCUT2D eigenvalue weighted by atomic mass is 32.1. The van der Waals surface area contributed by atoms with Crippen molar-refractivity contribution in [3.05, 3.63) is 16.1 Å². The van der Waals surface area contributed by atoms with Crippen molar-refractivity contribution in [3.8, 4) is 0 Å². The Balaban J connectivity index is 2.61. The van der Waals surface area contributed by atoms with Crippen LogP contribution in [-0.2, 0) is 15.7 Å². The van der Waals surface area contributed by atoms with E-state index in [4.69, 9.17) is 9.79 Å². The molecule has 0 aliphatic heterocycles. The Morgan fingerprint density at radius 3 is 2.79 bits per heavy atom. The van der Waals surface area contributed by atoms with Crippen LogP contribution in [0.15, 0.2) is 5.38 Å². The molecule has 0 spiro atoms. The van der Waals surface area contributed by atoms with Crippen molar-refractivity contribution >= 4 is 24.9 Å². The Kier molecular flexibility index (Phi) is 3.52. The zero-order valence-corrected chi connectivity index (χ0v) is 8.92. The van der Waals surface area contributed by atoms with Gasteiger partial charge in [-0.3, -0.25) is 9.32 Å². The van der Waals surface area contributed by atoms with Crippen LogP contribution in [0.3, 0.4) is 0 Å².